The van der Waals surface area contributed by atoms with E-state index in [1.807, 2.05) is 19.9 Å². The maximum absolute atomic E-state index is 12.7. The zero-order chi connectivity index (χ0) is 27.2. The lowest BCUT2D eigenvalue weighted by Crippen LogP contribution is -2.59. The van der Waals surface area contributed by atoms with E-state index in [2.05, 4.69) is 25.8 Å². The molecule has 202 valence electrons. The normalized spacial score (nSPS) is 20.8. The number of aromatic nitrogens is 3. The van der Waals surface area contributed by atoms with Crippen LogP contribution in [0.4, 0.5) is 4.79 Å². The minimum absolute atomic E-state index is 0.0157. The van der Waals surface area contributed by atoms with Crippen LogP contribution in [0.15, 0.2) is 35.0 Å². The molecule has 11 heteroatoms. The Kier molecular flexibility index (Phi) is 9.39. The van der Waals surface area contributed by atoms with Crippen LogP contribution in [0.2, 0.25) is 0 Å². The van der Waals surface area contributed by atoms with E-state index in [0.717, 1.165) is 12.8 Å². The number of nitrogens with one attached hydrogen (secondary N) is 2. The number of amides is 2. The number of carbonyl (C=O) groups excluding carboxylic acids is 2. The Hall–Kier alpha value is -3.31. The summed E-state index contributed by atoms with van der Waals surface area (Å²) in [5, 5.41) is 24.6. The largest absolute Gasteiger partial charge is 0.444 e. The summed E-state index contributed by atoms with van der Waals surface area (Å²) in [5.74, 6) is -0.0500. The average Bonchev–Trinajstić information content (AvgIpc) is 3.33. The molecule has 1 aliphatic rings. The number of nitrogens with zero attached hydrogens (tertiary/aromatic N) is 3. The summed E-state index contributed by atoms with van der Waals surface area (Å²) in [6, 6.07) is 2.27. The molecule has 0 radical (unpaired) electrons. The molecule has 4 unspecified atom stereocenters. The van der Waals surface area contributed by atoms with Crippen LogP contribution in [-0.4, -0.2) is 62.2 Å². The van der Waals surface area contributed by atoms with Crippen LogP contribution in [-0.2, 0) is 14.3 Å². The second kappa shape index (κ2) is 12.3. The van der Waals surface area contributed by atoms with Crippen molar-refractivity contribution in [2.45, 2.75) is 96.8 Å². The van der Waals surface area contributed by atoms with Crippen molar-refractivity contribution in [3.8, 4) is 0 Å². The topological polar surface area (TPSA) is 149 Å². The molecule has 2 heterocycles. The van der Waals surface area contributed by atoms with E-state index < -0.39 is 36.0 Å². The third kappa shape index (κ3) is 7.83. The van der Waals surface area contributed by atoms with Gasteiger partial charge in [-0.1, -0.05) is 19.9 Å². The van der Waals surface area contributed by atoms with Gasteiger partial charge in [0.2, 0.25) is 17.7 Å². The first kappa shape index (κ1) is 28.3. The maximum Gasteiger partial charge on any atom is 0.407 e. The standard InChI is InChI=1S/C26H37N5O6/c1-7-18(8-2)35-20-13-17(23-30-31-24(36-23)22(33)16-10-9-11-27-14-16)12-19(21(20)28-15(3)32)29-25(34)37-26(4,5)6/h9-11,13-14,18-22,33H,7-8,12H2,1-6H3,(H,28,32)(H,29,34). The molecule has 4 atom stereocenters. The highest BCUT2D eigenvalue weighted by Gasteiger charge is 2.39. The van der Waals surface area contributed by atoms with Gasteiger partial charge in [0.05, 0.1) is 24.3 Å². The number of alkyl carbamates (subject to hydrolysis) is 1. The predicted molar refractivity (Wildman–Crippen MR) is 135 cm³/mol. The Labute approximate surface area is 217 Å². The molecule has 0 fully saturated rings. The van der Waals surface area contributed by atoms with Gasteiger partial charge in [0, 0.05) is 36.9 Å². The molecular formula is C26H37N5O6. The van der Waals surface area contributed by atoms with Crippen LogP contribution in [0.25, 0.3) is 5.57 Å². The van der Waals surface area contributed by atoms with Crippen molar-refractivity contribution in [2.75, 3.05) is 0 Å². The molecule has 2 aromatic rings. The van der Waals surface area contributed by atoms with Gasteiger partial charge in [-0.2, -0.15) is 0 Å². The van der Waals surface area contributed by atoms with Crippen LogP contribution in [0.5, 0.6) is 0 Å². The number of hydrogen-bond donors (Lipinski definition) is 3. The van der Waals surface area contributed by atoms with E-state index in [9.17, 15) is 14.7 Å². The minimum Gasteiger partial charge on any atom is -0.444 e. The fourth-order valence-electron chi connectivity index (χ4n) is 4.12. The molecular weight excluding hydrogens is 478 g/mol. The van der Waals surface area contributed by atoms with Crippen molar-refractivity contribution in [1.29, 1.82) is 0 Å². The highest BCUT2D eigenvalue weighted by atomic mass is 16.6. The summed E-state index contributed by atoms with van der Waals surface area (Å²) in [5.41, 5.74) is 0.437. The number of pyridine rings is 1. The first-order chi connectivity index (χ1) is 17.5. The fourth-order valence-corrected chi connectivity index (χ4v) is 4.12. The van der Waals surface area contributed by atoms with Gasteiger partial charge in [-0.3, -0.25) is 9.78 Å². The van der Waals surface area contributed by atoms with Crippen LogP contribution in [0.1, 0.15) is 84.3 Å². The summed E-state index contributed by atoms with van der Waals surface area (Å²) in [6.45, 7) is 10.8. The Balaban J connectivity index is 1.94. The third-order valence-electron chi connectivity index (χ3n) is 5.87. The van der Waals surface area contributed by atoms with Crippen molar-refractivity contribution >= 4 is 17.6 Å². The second-order valence-corrected chi connectivity index (χ2v) is 10.0. The summed E-state index contributed by atoms with van der Waals surface area (Å²) >= 11 is 0. The number of carbonyl (C=O) groups is 2. The average molecular weight is 516 g/mol. The molecule has 1 aliphatic carbocycles. The van der Waals surface area contributed by atoms with Crippen LogP contribution >= 0.6 is 0 Å². The van der Waals surface area contributed by atoms with E-state index >= 15 is 0 Å². The van der Waals surface area contributed by atoms with Crippen molar-refractivity contribution in [3.05, 3.63) is 47.9 Å². The molecule has 3 rings (SSSR count). The van der Waals surface area contributed by atoms with Gasteiger partial charge in [0.25, 0.3) is 0 Å². The second-order valence-electron chi connectivity index (χ2n) is 10.0. The van der Waals surface area contributed by atoms with E-state index in [1.165, 1.54) is 13.1 Å². The number of aliphatic hydroxyl groups excluding tert-OH is 1. The molecule has 0 saturated carbocycles. The van der Waals surface area contributed by atoms with Gasteiger partial charge in [-0.25, -0.2) is 4.79 Å². The number of rotatable bonds is 9. The van der Waals surface area contributed by atoms with E-state index in [-0.39, 0.29) is 30.2 Å². The molecule has 0 bridgehead atoms. The van der Waals surface area contributed by atoms with E-state index in [1.54, 1.807) is 39.1 Å². The van der Waals surface area contributed by atoms with Crippen LogP contribution < -0.4 is 10.6 Å². The zero-order valence-electron chi connectivity index (χ0n) is 22.2. The highest BCUT2D eigenvalue weighted by molar-refractivity contribution is 5.75. The molecule has 3 N–H and O–H groups in total. The SMILES string of the molecule is CCC(CC)OC1C=C(c2nnc(C(O)c3cccnc3)o2)CC(NC(=O)OC(C)(C)C)C1NC(C)=O. The Morgan fingerprint density at radius 2 is 1.95 bits per heavy atom. The van der Waals surface area contributed by atoms with Crippen LogP contribution in [0, 0.1) is 0 Å². The monoisotopic (exact) mass is 515 g/mol. The molecule has 0 saturated heterocycles. The van der Waals surface area contributed by atoms with Gasteiger partial charge in [-0.15, -0.1) is 10.2 Å². The highest BCUT2D eigenvalue weighted by Crippen LogP contribution is 2.31. The van der Waals surface area contributed by atoms with Crippen molar-refractivity contribution in [2.24, 2.45) is 0 Å². The molecule has 0 aromatic carbocycles. The molecule has 2 amide bonds. The smallest absolute Gasteiger partial charge is 0.407 e. The lowest BCUT2D eigenvalue weighted by Gasteiger charge is -2.38. The first-order valence-corrected chi connectivity index (χ1v) is 12.5. The number of hydrogen-bond acceptors (Lipinski definition) is 9. The summed E-state index contributed by atoms with van der Waals surface area (Å²) in [7, 11) is 0. The molecule has 0 spiro atoms. The lowest BCUT2D eigenvalue weighted by molar-refractivity contribution is -0.121. The number of aliphatic hydroxyl groups is 1. The first-order valence-electron chi connectivity index (χ1n) is 12.5. The predicted octanol–water partition coefficient (Wildman–Crippen LogP) is 3.31. The van der Waals surface area contributed by atoms with Gasteiger partial charge in [-0.05, 0) is 45.8 Å². The third-order valence-corrected chi connectivity index (χ3v) is 5.87. The summed E-state index contributed by atoms with van der Waals surface area (Å²) < 4.78 is 17.7. The lowest BCUT2D eigenvalue weighted by atomic mass is 9.87. The van der Waals surface area contributed by atoms with Crippen molar-refractivity contribution in [1.82, 2.24) is 25.8 Å². The van der Waals surface area contributed by atoms with Crippen molar-refractivity contribution in [3.63, 3.8) is 0 Å². The van der Waals surface area contributed by atoms with E-state index in [0.29, 0.717) is 11.1 Å². The van der Waals surface area contributed by atoms with Gasteiger partial charge in [0.1, 0.15) is 5.60 Å². The molecule has 37 heavy (non-hydrogen) atoms. The van der Waals surface area contributed by atoms with Gasteiger partial charge >= 0.3 is 6.09 Å². The zero-order valence-corrected chi connectivity index (χ0v) is 22.2. The Morgan fingerprint density at radius 3 is 2.54 bits per heavy atom. The van der Waals surface area contributed by atoms with Gasteiger partial charge < -0.3 is 29.6 Å². The maximum atomic E-state index is 12.7. The fraction of sp³-hybridized carbons (Fsp3) is 0.577. The quantitative estimate of drug-likeness (QED) is 0.457. The molecule has 2 aromatic heterocycles. The molecule has 0 aliphatic heterocycles. The minimum atomic E-state index is -1.14. The van der Waals surface area contributed by atoms with Crippen molar-refractivity contribution < 1.29 is 28.6 Å². The Bertz CT molecular complexity index is 1080. The van der Waals surface area contributed by atoms with E-state index in [4.69, 9.17) is 13.9 Å². The number of ether oxygens (including phenoxy) is 2. The van der Waals surface area contributed by atoms with Gasteiger partial charge in [0.15, 0.2) is 6.10 Å². The Morgan fingerprint density at radius 1 is 1.22 bits per heavy atom. The summed E-state index contributed by atoms with van der Waals surface area (Å²) in [6.07, 6.45) is 4.35. The van der Waals surface area contributed by atoms with Crippen LogP contribution in [0.3, 0.4) is 0 Å². The molecule has 11 nitrogen and oxygen atoms in total. The summed E-state index contributed by atoms with van der Waals surface area (Å²) in [4.78, 5) is 28.8.